The number of rotatable bonds is 5. The highest BCUT2D eigenvalue weighted by Crippen LogP contribution is 2.53. The predicted molar refractivity (Wildman–Crippen MR) is 189 cm³/mol. The van der Waals surface area contributed by atoms with Crippen LogP contribution < -0.4 is 5.32 Å². The van der Waals surface area contributed by atoms with Crippen LogP contribution in [0.2, 0.25) is 0 Å². The van der Waals surface area contributed by atoms with Crippen molar-refractivity contribution in [3.05, 3.63) is 187 Å². The van der Waals surface area contributed by atoms with Gasteiger partial charge in [-0.1, -0.05) is 127 Å². The average molecular weight is 575 g/mol. The minimum atomic E-state index is 0.153. The molecule has 212 valence electrons. The van der Waals surface area contributed by atoms with Gasteiger partial charge in [0.05, 0.1) is 11.0 Å². The van der Waals surface area contributed by atoms with Gasteiger partial charge in [-0.15, -0.1) is 0 Å². The highest BCUT2D eigenvalue weighted by molar-refractivity contribution is 6.10. The lowest BCUT2D eigenvalue weighted by atomic mass is 9.84. The number of hydrogen-bond acceptors (Lipinski definition) is 1. The van der Waals surface area contributed by atoms with Crippen LogP contribution in [0.4, 0.5) is 11.4 Å². The van der Waals surface area contributed by atoms with E-state index >= 15 is 0 Å². The van der Waals surface area contributed by atoms with Crippen molar-refractivity contribution >= 4 is 33.2 Å². The van der Waals surface area contributed by atoms with Crippen LogP contribution in [-0.4, -0.2) is 4.57 Å². The predicted octanol–water partition coefficient (Wildman–Crippen LogP) is 11.4. The summed E-state index contributed by atoms with van der Waals surface area (Å²) < 4.78 is 2.36. The third-order valence-electron chi connectivity index (χ3n) is 9.26. The molecule has 0 amide bonds. The van der Waals surface area contributed by atoms with Crippen molar-refractivity contribution < 1.29 is 0 Å². The lowest BCUT2D eigenvalue weighted by Gasteiger charge is -2.22. The van der Waals surface area contributed by atoms with Gasteiger partial charge in [0, 0.05) is 39.3 Å². The third-order valence-corrected chi connectivity index (χ3v) is 9.26. The first-order valence-electron chi connectivity index (χ1n) is 15.6. The fourth-order valence-electron chi connectivity index (χ4n) is 7.38. The van der Waals surface area contributed by atoms with Crippen LogP contribution in [0.3, 0.4) is 0 Å². The highest BCUT2D eigenvalue weighted by Gasteiger charge is 2.33. The Hall–Kier alpha value is -5.86. The lowest BCUT2D eigenvalue weighted by Crippen LogP contribution is -2.03. The molecule has 1 N–H and O–H groups in total. The minimum absolute atomic E-state index is 0.153. The molecule has 2 heteroatoms. The van der Waals surface area contributed by atoms with E-state index in [0.29, 0.717) is 0 Å². The van der Waals surface area contributed by atoms with Crippen molar-refractivity contribution in [2.45, 2.75) is 5.92 Å². The molecule has 1 unspecified atom stereocenters. The molecular formula is C43H30N2. The Balaban J connectivity index is 1.25. The number of fused-ring (bicyclic) bond motifs is 6. The molecule has 0 saturated carbocycles. The zero-order chi connectivity index (χ0) is 29.7. The second-order valence-corrected chi connectivity index (χ2v) is 11.8. The van der Waals surface area contributed by atoms with E-state index in [1.165, 1.54) is 66.4 Å². The standard InChI is InChI=1S/C43H30N2/c1-4-14-29(15-5-1)41-35-22-11-10-20-33(35)36-25-26-38(42(43(36)41)30-16-6-2-7-17-30)44-31-24-27-40-37(28-31)34-21-12-13-23-39(34)45(40)32-18-8-3-9-19-32/h1-28,41,44H. The van der Waals surface area contributed by atoms with Crippen LogP contribution in [0.5, 0.6) is 0 Å². The van der Waals surface area contributed by atoms with Crippen LogP contribution in [0.15, 0.2) is 170 Å². The summed E-state index contributed by atoms with van der Waals surface area (Å²) in [6, 6.07) is 61.4. The van der Waals surface area contributed by atoms with E-state index in [-0.39, 0.29) is 5.92 Å². The van der Waals surface area contributed by atoms with Crippen LogP contribution in [0.1, 0.15) is 22.6 Å². The van der Waals surface area contributed by atoms with Gasteiger partial charge in [-0.2, -0.15) is 0 Å². The number of nitrogens with zero attached hydrogens (tertiary/aromatic N) is 1. The molecule has 0 bridgehead atoms. The molecule has 2 nitrogen and oxygen atoms in total. The summed E-state index contributed by atoms with van der Waals surface area (Å²) in [4.78, 5) is 0. The summed E-state index contributed by atoms with van der Waals surface area (Å²) >= 11 is 0. The summed E-state index contributed by atoms with van der Waals surface area (Å²) in [6.45, 7) is 0. The van der Waals surface area contributed by atoms with E-state index in [0.717, 1.165) is 11.4 Å². The molecule has 0 radical (unpaired) electrons. The zero-order valence-corrected chi connectivity index (χ0v) is 24.7. The Morgan fingerprint density at radius 2 is 1.16 bits per heavy atom. The van der Waals surface area contributed by atoms with E-state index in [1.807, 2.05) is 0 Å². The maximum Gasteiger partial charge on any atom is 0.0542 e. The van der Waals surface area contributed by atoms with Gasteiger partial charge in [0.15, 0.2) is 0 Å². The smallest absolute Gasteiger partial charge is 0.0542 e. The quantitative estimate of drug-likeness (QED) is 0.216. The Labute approximate surface area is 262 Å². The molecule has 7 aromatic carbocycles. The van der Waals surface area contributed by atoms with E-state index < -0.39 is 0 Å². The van der Waals surface area contributed by atoms with Crippen molar-refractivity contribution in [3.63, 3.8) is 0 Å². The number of nitrogens with one attached hydrogen (secondary N) is 1. The van der Waals surface area contributed by atoms with E-state index in [1.54, 1.807) is 0 Å². The van der Waals surface area contributed by atoms with Crippen LogP contribution in [0.25, 0.3) is 49.7 Å². The molecule has 0 aliphatic heterocycles. The molecular weight excluding hydrogens is 544 g/mol. The Kier molecular flexibility index (Phi) is 5.92. The number of hydrogen-bond donors (Lipinski definition) is 1. The first-order valence-corrected chi connectivity index (χ1v) is 15.6. The van der Waals surface area contributed by atoms with Crippen LogP contribution in [-0.2, 0) is 0 Å². The Bertz CT molecular complexity index is 2330. The van der Waals surface area contributed by atoms with Crippen molar-refractivity contribution in [1.29, 1.82) is 0 Å². The van der Waals surface area contributed by atoms with Gasteiger partial charge in [-0.05, 0) is 75.8 Å². The largest absolute Gasteiger partial charge is 0.355 e. The van der Waals surface area contributed by atoms with Gasteiger partial charge in [-0.3, -0.25) is 0 Å². The molecule has 1 aliphatic carbocycles. The first kappa shape index (κ1) is 25.6. The van der Waals surface area contributed by atoms with Gasteiger partial charge in [0.1, 0.15) is 0 Å². The molecule has 8 aromatic rings. The van der Waals surface area contributed by atoms with Gasteiger partial charge in [0.25, 0.3) is 0 Å². The van der Waals surface area contributed by atoms with Crippen molar-refractivity contribution in [2.24, 2.45) is 0 Å². The Morgan fingerprint density at radius 3 is 1.98 bits per heavy atom. The molecule has 9 rings (SSSR count). The monoisotopic (exact) mass is 574 g/mol. The second-order valence-electron chi connectivity index (χ2n) is 11.8. The number of anilines is 2. The van der Waals surface area contributed by atoms with E-state index in [4.69, 9.17) is 0 Å². The average Bonchev–Trinajstić information content (AvgIpc) is 3.62. The van der Waals surface area contributed by atoms with Gasteiger partial charge >= 0.3 is 0 Å². The zero-order valence-electron chi connectivity index (χ0n) is 24.7. The van der Waals surface area contributed by atoms with Crippen molar-refractivity contribution in [2.75, 3.05) is 5.32 Å². The maximum absolute atomic E-state index is 3.90. The van der Waals surface area contributed by atoms with Gasteiger partial charge in [-0.25, -0.2) is 0 Å². The topological polar surface area (TPSA) is 17.0 Å². The molecule has 1 aliphatic rings. The maximum atomic E-state index is 3.90. The SMILES string of the molecule is c1ccc(-c2c(Nc3ccc4c(c3)c3ccccc3n4-c3ccccc3)ccc3c2C(c2ccccc2)c2ccccc2-3)cc1. The number of benzene rings is 7. The lowest BCUT2D eigenvalue weighted by molar-refractivity contribution is 1.02. The molecule has 1 atom stereocenters. The second kappa shape index (κ2) is 10.4. The third kappa shape index (κ3) is 4.11. The molecule has 1 aromatic heterocycles. The highest BCUT2D eigenvalue weighted by atomic mass is 15.0. The number of para-hydroxylation sites is 2. The van der Waals surface area contributed by atoms with E-state index in [9.17, 15) is 0 Å². The summed E-state index contributed by atoms with van der Waals surface area (Å²) in [7, 11) is 0. The fourth-order valence-corrected chi connectivity index (χ4v) is 7.38. The number of aromatic nitrogens is 1. The van der Waals surface area contributed by atoms with Gasteiger partial charge in [0.2, 0.25) is 0 Å². The fraction of sp³-hybridized carbons (Fsp3) is 0.0233. The van der Waals surface area contributed by atoms with Crippen LogP contribution in [0, 0.1) is 0 Å². The minimum Gasteiger partial charge on any atom is -0.355 e. The first-order chi connectivity index (χ1) is 22.3. The summed E-state index contributed by atoms with van der Waals surface area (Å²) in [6.07, 6.45) is 0. The van der Waals surface area contributed by atoms with Crippen molar-refractivity contribution in [3.8, 4) is 27.9 Å². The molecule has 45 heavy (non-hydrogen) atoms. The van der Waals surface area contributed by atoms with Gasteiger partial charge < -0.3 is 9.88 Å². The summed E-state index contributed by atoms with van der Waals surface area (Å²) in [5, 5.41) is 6.38. The summed E-state index contributed by atoms with van der Waals surface area (Å²) in [5.41, 5.74) is 14.9. The normalized spacial score (nSPS) is 13.6. The molecule has 1 heterocycles. The molecule has 0 spiro atoms. The Morgan fingerprint density at radius 1 is 0.489 bits per heavy atom. The van der Waals surface area contributed by atoms with Crippen LogP contribution >= 0.6 is 0 Å². The van der Waals surface area contributed by atoms with Crippen molar-refractivity contribution in [1.82, 2.24) is 4.57 Å². The summed E-state index contributed by atoms with van der Waals surface area (Å²) in [5.74, 6) is 0.153. The van der Waals surface area contributed by atoms with E-state index in [2.05, 4.69) is 180 Å². The molecule has 0 fully saturated rings. The molecule has 0 saturated heterocycles.